The van der Waals surface area contributed by atoms with Gasteiger partial charge >= 0.3 is 0 Å². The average Bonchev–Trinajstić information content (AvgIpc) is 2.86. The molecule has 0 atom stereocenters. The third kappa shape index (κ3) is 1.63. The molecule has 0 aliphatic carbocycles. The lowest BCUT2D eigenvalue weighted by atomic mass is 10.1. The van der Waals surface area contributed by atoms with Gasteiger partial charge in [0.1, 0.15) is 0 Å². The lowest BCUT2D eigenvalue weighted by molar-refractivity contribution is 0.846. The Bertz CT molecular complexity index is 769. The van der Waals surface area contributed by atoms with Gasteiger partial charge < -0.3 is 9.88 Å². The van der Waals surface area contributed by atoms with E-state index in [1.165, 1.54) is 11.1 Å². The summed E-state index contributed by atoms with van der Waals surface area (Å²) in [6, 6.07) is 18.6. The third-order valence-electron chi connectivity index (χ3n) is 3.46. The maximum Gasteiger partial charge on any atom is 0.208 e. The first kappa shape index (κ1) is 10.4. The molecule has 0 amide bonds. The summed E-state index contributed by atoms with van der Waals surface area (Å²) in [7, 11) is 0. The number of nitrogens with one attached hydrogen (secondary N) is 1. The fraction of sp³-hybridized carbons (Fsp3) is 0.0625. The second kappa shape index (κ2) is 3.99. The molecule has 4 rings (SSSR count). The summed E-state index contributed by atoms with van der Waals surface area (Å²) >= 11 is 0. The van der Waals surface area contributed by atoms with Crippen LogP contribution in [0.1, 0.15) is 5.56 Å². The molecule has 92 valence electrons. The molecule has 1 N–H and O–H groups in total. The highest BCUT2D eigenvalue weighted by Crippen LogP contribution is 2.27. The monoisotopic (exact) mass is 247 g/mol. The molecule has 1 aromatic heterocycles. The topological polar surface area (TPSA) is 29.9 Å². The highest BCUT2D eigenvalue weighted by Gasteiger charge is 2.15. The maximum absolute atomic E-state index is 4.64. The van der Waals surface area contributed by atoms with Crippen LogP contribution in [0.2, 0.25) is 0 Å². The highest BCUT2D eigenvalue weighted by atomic mass is 15.2. The molecule has 0 fully saturated rings. The maximum atomic E-state index is 4.64. The minimum atomic E-state index is 0.854. The van der Waals surface area contributed by atoms with Crippen molar-refractivity contribution < 1.29 is 0 Å². The number of aromatic nitrogens is 2. The second-order valence-electron chi connectivity index (χ2n) is 4.64. The fourth-order valence-corrected chi connectivity index (χ4v) is 2.52. The summed E-state index contributed by atoms with van der Waals surface area (Å²) < 4.78 is 2.20. The number of hydrogen-bond donors (Lipinski definition) is 1. The Labute approximate surface area is 111 Å². The van der Waals surface area contributed by atoms with E-state index in [0.29, 0.717) is 0 Å². The normalized spacial score (nSPS) is 13.8. The van der Waals surface area contributed by atoms with Gasteiger partial charge in [0.2, 0.25) is 5.95 Å². The molecule has 2 aromatic carbocycles. The number of para-hydroxylation sites is 2. The van der Waals surface area contributed by atoms with E-state index in [1.54, 1.807) is 0 Å². The highest BCUT2D eigenvalue weighted by molar-refractivity contribution is 5.84. The molecule has 19 heavy (non-hydrogen) atoms. The van der Waals surface area contributed by atoms with E-state index in [-0.39, 0.29) is 0 Å². The summed E-state index contributed by atoms with van der Waals surface area (Å²) in [5.41, 5.74) is 4.53. The molecule has 0 radical (unpaired) electrons. The molecule has 0 unspecified atom stereocenters. The third-order valence-corrected chi connectivity index (χ3v) is 3.46. The Balaban J connectivity index is 1.79. The van der Waals surface area contributed by atoms with E-state index in [1.807, 2.05) is 24.3 Å². The summed E-state index contributed by atoms with van der Waals surface area (Å²) in [6.07, 6.45) is 2.20. The summed E-state index contributed by atoms with van der Waals surface area (Å²) in [5.74, 6) is 0.919. The van der Waals surface area contributed by atoms with Crippen LogP contribution in [0.15, 0.2) is 60.7 Å². The Morgan fingerprint density at radius 2 is 1.74 bits per heavy atom. The van der Waals surface area contributed by atoms with E-state index < -0.39 is 0 Å². The lowest BCUT2D eigenvalue weighted by Gasteiger charge is -2.18. The van der Waals surface area contributed by atoms with E-state index in [9.17, 15) is 0 Å². The molecule has 1 aliphatic rings. The van der Waals surface area contributed by atoms with Crippen molar-refractivity contribution in [3.05, 3.63) is 66.2 Å². The minimum absolute atomic E-state index is 0.854. The van der Waals surface area contributed by atoms with Crippen molar-refractivity contribution >= 4 is 22.7 Å². The van der Waals surface area contributed by atoms with Crippen LogP contribution in [0.4, 0.5) is 5.95 Å². The van der Waals surface area contributed by atoms with Gasteiger partial charge in [0.05, 0.1) is 11.0 Å². The molecule has 0 saturated carbocycles. The van der Waals surface area contributed by atoms with Gasteiger partial charge in [-0.15, -0.1) is 0 Å². The number of nitrogens with zero attached hydrogens (tertiary/aromatic N) is 2. The molecule has 1 aliphatic heterocycles. The first-order valence-corrected chi connectivity index (χ1v) is 6.40. The number of fused-ring (bicyclic) bond motifs is 3. The van der Waals surface area contributed by atoms with Crippen LogP contribution in [0, 0.1) is 0 Å². The standard InChI is InChI=1S/C16H13N3/c1-2-6-12(7-3-1)13-10-11-19-15-9-5-4-8-14(15)18-16(19)17-13/h1-10H,11H2,(H,17,18). The molecule has 2 heterocycles. The number of anilines is 1. The molecule has 0 bridgehead atoms. The van der Waals surface area contributed by atoms with Gasteiger partial charge in [0.15, 0.2) is 0 Å². The van der Waals surface area contributed by atoms with Gasteiger partial charge in [-0.05, 0) is 23.8 Å². The van der Waals surface area contributed by atoms with Crippen LogP contribution in [0.3, 0.4) is 0 Å². The smallest absolute Gasteiger partial charge is 0.208 e. The van der Waals surface area contributed by atoms with Gasteiger partial charge in [-0.2, -0.15) is 0 Å². The molecule has 3 nitrogen and oxygen atoms in total. The van der Waals surface area contributed by atoms with Crippen molar-refractivity contribution in [1.82, 2.24) is 9.55 Å². The minimum Gasteiger partial charge on any atom is -0.325 e. The van der Waals surface area contributed by atoms with Gasteiger partial charge in [0, 0.05) is 12.2 Å². The predicted octanol–water partition coefficient (Wildman–Crippen LogP) is 3.50. The SMILES string of the molecule is C1=C(c2ccccc2)Nc2nc3ccccc3n2C1. The fourth-order valence-electron chi connectivity index (χ4n) is 2.52. The van der Waals surface area contributed by atoms with Crippen LogP contribution >= 0.6 is 0 Å². The largest absolute Gasteiger partial charge is 0.325 e. The van der Waals surface area contributed by atoms with Crippen molar-refractivity contribution in [2.45, 2.75) is 6.54 Å². The average molecular weight is 247 g/mol. The Hall–Kier alpha value is -2.55. The zero-order valence-corrected chi connectivity index (χ0v) is 10.4. The quantitative estimate of drug-likeness (QED) is 0.713. The lowest BCUT2D eigenvalue weighted by Crippen LogP contribution is -2.12. The number of imidazole rings is 1. The number of benzene rings is 2. The molecular weight excluding hydrogens is 234 g/mol. The first-order valence-electron chi connectivity index (χ1n) is 6.40. The summed E-state index contributed by atoms with van der Waals surface area (Å²) in [6.45, 7) is 0.854. The molecule has 0 spiro atoms. The van der Waals surface area contributed by atoms with Gasteiger partial charge in [-0.1, -0.05) is 42.5 Å². The number of hydrogen-bond acceptors (Lipinski definition) is 2. The zero-order valence-electron chi connectivity index (χ0n) is 10.4. The van der Waals surface area contributed by atoms with Crippen LogP contribution in [0.25, 0.3) is 16.7 Å². The Kier molecular flexibility index (Phi) is 2.18. The summed E-state index contributed by atoms with van der Waals surface area (Å²) in [5, 5.41) is 3.42. The number of rotatable bonds is 1. The Morgan fingerprint density at radius 1 is 0.947 bits per heavy atom. The second-order valence-corrected chi connectivity index (χ2v) is 4.64. The van der Waals surface area contributed by atoms with E-state index in [4.69, 9.17) is 0 Å². The van der Waals surface area contributed by atoms with E-state index in [0.717, 1.165) is 23.7 Å². The molecular formula is C16H13N3. The molecule has 0 saturated heterocycles. The van der Waals surface area contributed by atoms with Crippen LogP contribution < -0.4 is 5.32 Å². The van der Waals surface area contributed by atoms with Crippen LogP contribution in [-0.4, -0.2) is 9.55 Å². The molecule has 3 aromatic rings. The number of allylic oxidation sites excluding steroid dienone is 1. The van der Waals surface area contributed by atoms with E-state index >= 15 is 0 Å². The molecule has 3 heteroatoms. The van der Waals surface area contributed by atoms with Gasteiger partial charge in [0.25, 0.3) is 0 Å². The van der Waals surface area contributed by atoms with Crippen molar-refractivity contribution in [2.75, 3.05) is 5.32 Å². The van der Waals surface area contributed by atoms with Gasteiger partial charge in [-0.3, -0.25) is 0 Å². The zero-order chi connectivity index (χ0) is 12.7. The van der Waals surface area contributed by atoms with Gasteiger partial charge in [-0.25, -0.2) is 4.98 Å². The van der Waals surface area contributed by atoms with Crippen molar-refractivity contribution in [3.8, 4) is 0 Å². The van der Waals surface area contributed by atoms with Crippen LogP contribution in [0.5, 0.6) is 0 Å². The van der Waals surface area contributed by atoms with Crippen LogP contribution in [-0.2, 0) is 6.54 Å². The van der Waals surface area contributed by atoms with Crippen molar-refractivity contribution in [3.63, 3.8) is 0 Å². The van der Waals surface area contributed by atoms with E-state index in [2.05, 4.69) is 51.3 Å². The predicted molar refractivity (Wildman–Crippen MR) is 77.8 cm³/mol. The Morgan fingerprint density at radius 3 is 2.63 bits per heavy atom. The van der Waals surface area contributed by atoms with Crippen molar-refractivity contribution in [2.24, 2.45) is 0 Å². The van der Waals surface area contributed by atoms with Crippen molar-refractivity contribution in [1.29, 1.82) is 0 Å². The summed E-state index contributed by atoms with van der Waals surface area (Å²) in [4.78, 5) is 4.64. The first-order chi connectivity index (χ1) is 9.42.